The highest BCUT2D eigenvalue weighted by Crippen LogP contribution is 2.35. The molecule has 0 bridgehead atoms. The Morgan fingerprint density at radius 1 is 1.15 bits per heavy atom. The molecule has 4 rings (SSSR count). The fourth-order valence-electron chi connectivity index (χ4n) is 2.57. The summed E-state index contributed by atoms with van der Waals surface area (Å²) in [5.74, 6) is 0.522. The number of hydrogen-bond acceptors (Lipinski definition) is 6. The second-order valence-corrected chi connectivity index (χ2v) is 8.11. The standard InChI is InChI=1S/C17H13ClN4O2S2/c1-8-19-14-13(25-8)6-4-10-15(14)26-17(21-10)22-16(23)20-11-7-9(18)3-5-12(11)24-2/h3-7H,1-2H3,(H2,20,21,22,23). The van der Waals surface area contributed by atoms with Crippen LogP contribution in [0.15, 0.2) is 30.3 Å². The maximum Gasteiger partial charge on any atom is 0.325 e. The number of thiazole rings is 2. The zero-order chi connectivity index (χ0) is 18.3. The Morgan fingerprint density at radius 2 is 2.00 bits per heavy atom. The van der Waals surface area contributed by atoms with Gasteiger partial charge in [0.15, 0.2) is 5.13 Å². The lowest BCUT2D eigenvalue weighted by Crippen LogP contribution is -2.19. The van der Waals surface area contributed by atoms with Crippen LogP contribution in [-0.4, -0.2) is 23.1 Å². The van der Waals surface area contributed by atoms with Crippen LogP contribution in [0.25, 0.3) is 20.4 Å². The maximum atomic E-state index is 12.3. The monoisotopic (exact) mass is 404 g/mol. The molecular weight excluding hydrogens is 392 g/mol. The number of fused-ring (bicyclic) bond motifs is 3. The van der Waals surface area contributed by atoms with E-state index in [2.05, 4.69) is 20.6 Å². The summed E-state index contributed by atoms with van der Waals surface area (Å²) in [7, 11) is 1.53. The molecule has 0 radical (unpaired) electrons. The van der Waals surface area contributed by atoms with Crippen molar-refractivity contribution in [2.24, 2.45) is 0 Å². The van der Waals surface area contributed by atoms with Crippen LogP contribution >= 0.6 is 34.3 Å². The van der Waals surface area contributed by atoms with E-state index in [4.69, 9.17) is 16.3 Å². The number of halogens is 1. The van der Waals surface area contributed by atoms with Crippen molar-refractivity contribution in [3.8, 4) is 5.75 Å². The Labute approximate surface area is 161 Å². The first-order chi connectivity index (χ1) is 12.5. The van der Waals surface area contributed by atoms with Crippen LogP contribution in [0.2, 0.25) is 5.02 Å². The van der Waals surface area contributed by atoms with Crippen LogP contribution in [0.5, 0.6) is 5.75 Å². The minimum absolute atomic E-state index is 0.421. The van der Waals surface area contributed by atoms with Gasteiger partial charge in [-0.3, -0.25) is 5.32 Å². The fourth-order valence-corrected chi connectivity index (χ4v) is 4.59. The van der Waals surface area contributed by atoms with Crippen molar-refractivity contribution in [1.82, 2.24) is 9.97 Å². The van der Waals surface area contributed by atoms with E-state index >= 15 is 0 Å². The molecule has 0 atom stereocenters. The SMILES string of the molecule is COc1ccc(Cl)cc1NC(=O)Nc1nc2ccc3sc(C)nc3c2s1. The number of urea groups is 1. The van der Waals surface area contributed by atoms with E-state index < -0.39 is 6.03 Å². The molecule has 2 aromatic carbocycles. The third-order valence-corrected chi connectivity index (χ3v) is 5.82. The zero-order valence-corrected chi connectivity index (χ0v) is 16.2. The van der Waals surface area contributed by atoms with Gasteiger partial charge in [-0.2, -0.15) is 0 Å². The Balaban J connectivity index is 1.60. The predicted octanol–water partition coefficient (Wildman–Crippen LogP) is 5.52. The molecule has 2 N–H and O–H groups in total. The number of amides is 2. The van der Waals surface area contributed by atoms with Gasteiger partial charge >= 0.3 is 6.03 Å². The Bertz CT molecular complexity index is 1140. The summed E-state index contributed by atoms with van der Waals surface area (Å²) < 4.78 is 7.30. The number of ether oxygens (including phenoxy) is 1. The molecule has 2 aromatic heterocycles. The van der Waals surface area contributed by atoms with Crippen molar-refractivity contribution in [3.63, 3.8) is 0 Å². The third kappa shape index (κ3) is 3.18. The van der Waals surface area contributed by atoms with Crippen LogP contribution in [0.1, 0.15) is 5.01 Å². The van der Waals surface area contributed by atoms with E-state index in [0.717, 1.165) is 25.4 Å². The quantitative estimate of drug-likeness (QED) is 0.471. The van der Waals surface area contributed by atoms with Crippen LogP contribution in [-0.2, 0) is 0 Å². The molecule has 26 heavy (non-hydrogen) atoms. The molecule has 9 heteroatoms. The minimum atomic E-state index is -0.421. The minimum Gasteiger partial charge on any atom is -0.495 e. The second-order valence-electron chi connectivity index (χ2n) is 5.44. The summed E-state index contributed by atoms with van der Waals surface area (Å²) in [5, 5.41) is 7.49. The van der Waals surface area contributed by atoms with Crippen molar-refractivity contribution in [2.45, 2.75) is 6.92 Å². The Hall–Kier alpha value is -2.42. The van der Waals surface area contributed by atoms with Gasteiger partial charge in [-0.15, -0.1) is 11.3 Å². The van der Waals surface area contributed by atoms with Crippen LogP contribution in [0, 0.1) is 6.92 Å². The predicted molar refractivity (Wildman–Crippen MR) is 108 cm³/mol. The number of nitrogens with one attached hydrogen (secondary N) is 2. The molecule has 0 aliphatic rings. The molecule has 2 amide bonds. The molecule has 4 aromatic rings. The third-order valence-electron chi connectivity index (χ3n) is 3.65. The van der Waals surface area contributed by atoms with Gasteiger partial charge in [0.1, 0.15) is 11.3 Å². The van der Waals surface area contributed by atoms with Crippen molar-refractivity contribution in [2.75, 3.05) is 17.7 Å². The molecule has 0 fully saturated rings. The number of nitrogens with zero attached hydrogens (tertiary/aromatic N) is 2. The smallest absolute Gasteiger partial charge is 0.325 e. The highest BCUT2D eigenvalue weighted by atomic mass is 35.5. The summed E-state index contributed by atoms with van der Waals surface area (Å²) in [6.45, 7) is 1.97. The van der Waals surface area contributed by atoms with E-state index in [-0.39, 0.29) is 0 Å². The maximum absolute atomic E-state index is 12.3. The average Bonchev–Trinajstić information content (AvgIpc) is 3.16. The number of benzene rings is 2. The number of carbonyl (C=O) groups excluding carboxylic acids is 1. The summed E-state index contributed by atoms with van der Waals surface area (Å²) in [6.07, 6.45) is 0. The molecule has 0 unspecified atom stereocenters. The first-order valence-electron chi connectivity index (χ1n) is 7.62. The number of carbonyl (C=O) groups is 1. The molecule has 132 valence electrons. The van der Waals surface area contributed by atoms with Gasteiger partial charge in [0.05, 0.1) is 32.7 Å². The normalized spacial score (nSPS) is 11.0. The van der Waals surface area contributed by atoms with Crippen molar-refractivity contribution in [1.29, 1.82) is 0 Å². The van der Waals surface area contributed by atoms with Gasteiger partial charge in [0.25, 0.3) is 0 Å². The van der Waals surface area contributed by atoms with Gasteiger partial charge in [-0.05, 0) is 37.3 Å². The molecule has 2 heterocycles. The van der Waals surface area contributed by atoms with E-state index in [0.29, 0.717) is 21.6 Å². The number of methoxy groups -OCH3 is 1. The lowest BCUT2D eigenvalue weighted by atomic mass is 10.3. The number of anilines is 2. The molecule has 0 saturated heterocycles. The highest BCUT2D eigenvalue weighted by Gasteiger charge is 2.14. The highest BCUT2D eigenvalue weighted by molar-refractivity contribution is 7.24. The van der Waals surface area contributed by atoms with Gasteiger partial charge in [-0.1, -0.05) is 22.9 Å². The van der Waals surface area contributed by atoms with E-state index in [1.807, 2.05) is 19.1 Å². The molecule has 0 saturated carbocycles. The summed E-state index contributed by atoms with van der Waals surface area (Å²) in [6, 6.07) is 8.53. The van der Waals surface area contributed by atoms with Crippen LogP contribution in [0.4, 0.5) is 15.6 Å². The Morgan fingerprint density at radius 3 is 2.81 bits per heavy atom. The van der Waals surface area contributed by atoms with Crippen molar-refractivity contribution < 1.29 is 9.53 Å². The van der Waals surface area contributed by atoms with Crippen LogP contribution < -0.4 is 15.4 Å². The average molecular weight is 405 g/mol. The number of rotatable bonds is 3. The zero-order valence-electron chi connectivity index (χ0n) is 13.8. The lowest BCUT2D eigenvalue weighted by Gasteiger charge is -2.10. The largest absolute Gasteiger partial charge is 0.495 e. The molecule has 0 aliphatic carbocycles. The summed E-state index contributed by atoms with van der Waals surface area (Å²) >= 11 is 9.02. The first kappa shape index (κ1) is 17.0. The van der Waals surface area contributed by atoms with E-state index in [1.165, 1.54) is 18.4 Å². The first-order valence-corrected chi connectivity index (χ1v) is 9.63. The fraction of sp³-hybridized carbons (Fsp3) is 0.118. The van der Waals surface area contributed by atoms with Gasteiger partial charge in [0.2, 0.25) is 0 Å². The number of hydrogen-bond donors (Lipinski definition) is 2. The number of aryl methyl sites for hydroxylation is 1. The molecular formula is C17H13ClN4O2S2. The van der Waals surface area contributed by atoms with Gasteiger partial charge in [-0.25, -0.2) is 14.8 Å². The lowest BCUT2D eigenvalue weighted by molar-refractivity contribution is 0.262. The summed E-state index contributed by atoms with van der Waals surface area (Å²) in [5.41, 5.74) is 2.21. The Kier molecular flexibility index (Phi) is 4.39. The number of aromatic nitrogens is 2. The molecule has 6 nitrogen and oxygen atoms in total. The second kappa shape index (κ2) is 6.71. The van der Waals surface area contributed by atoms with E-state index in [9.17, 15) is 4.79 Å². The molecule has 0 spiro atoms. The van der Waals surface area contributed by atoms with Crippen LogP contribution in [0.3, 0.4) is 0 Å². The summed E-state index contributed by atoms with van der Waals surface area (Å²) in [4.78, 5) is 21.4. The van der Waals surface area contributed by atoms with E-state index in [1.54, 1.807) is 29.5 Å². The topological polar surface area (TPSA) is 76.1 Å². The van der Waals surface area contributed by atoms with Crippen molar-refractivity contribution in [3.05, 3.63) is 40.4 Å². The van der Waals surface area contributed by atoms with Gasteiger partial charge in [0, 0.05) is 5.02 Å². The van der Waals surface area contributed by atoms with Gasteiger partial charge < -0.3 is 10.1 Å². The van der Waals surface area contributed by atoms with Crippen molar-refractivity contribution >= 4 is 71.6 Å². The molecule has 0 aliphatic heterocycles.